The molecule has 3 N–H and O–H groups in total. The highest BCUT2D eigenvalue weighted by Gasteiger charge is 2.07. The van der Waals surface area contributed by atoms with Crippen molar-refractivity contribution in [2.24, 2.45) is 5.73 Å². The number of aromatic nitrogens is 1. The molecule has 1 aromatic rings. The normalized spacial score (nSPS) is 9.92. The number of aromatic amines is 1. The highest BCUT2D eigenvalue weighted by atomic mass is 32.1. The van der Waals surface area contributed by atoms with Crippen LogP contribution >= 0.6 is 12.2 Å². The van der Waals surface area contributed by atoms with Crippen LogP contribution in [0.5, 0.6) is 0 Å². The Hall–Kier alpha value is -1.16. The summed E-state index contributed by atoms with van der Waals surface area (Å²) in [6, 6.07) is 1.67. The fraction of sp³-hybridized carbons (Fsp3) is 0.333. The maximum Gasteiger partial charge on any atom is 0.249 e. The lowest BCUT2D eigenvalue weighted by atomic mass is 10.1. The van der Waals surface area contributed by atoms with Gasteiger partial charge in [0.2, 0.25) is 5.91 Å². The minimum absolute atomic E-state index is 0.413. The highest BCUT2D eigenvalue weighted by Crippen LogP contribution is 2.10. The molecule has 0 saturated carbocycles. The highest BCUT2D eigenvalue weighted by molar-refractivity contribution is 7.71. The molecular formula is C9H12N2OS. The molecule has 1 rings (SSSR count). The molecule has 0 fully saturated rings. The number of nitrogens with two attached hydrogens (primary N) is 1. The lowest BCUT2D eigenvalue weighted by Crippen LogP contribution is -2.14. The summed E-state index contributed by atoms with van der Waals surface area (Å²) in [4.78, 5) is 13.9. The average molecular weight is 196 g/mol. The molecule has 0 saturated heterocycles. The number of carbonyl (C=O) groups excluding carboxylic acids is 1. The van der Waals surface area contributed by atoms with E-state index < -0.39 is 5.91 Å². The van der Waals surface area contributed by atoms with Gasteiger partial charge in [0.15, 0.2) is 0 Å². The zero-order chi connectivity index (χ0) is 9.84. The fourth-order valence-corrected chi connectivity index (χ4v) is 1.52. The SMILES string of the molecule is CCCc1c(C(N)=O)cc[nH]c1=S. The van der Waals surface area contributed by atoms with E-state index in [1.807, 2.05) is 6.92 Å². The third kappa shape index (κ3) is 2.15. The molecule has 0 aromatic carbocycles. The van der Waals surface area contributed by atoms with Crippen LogP contribution in [0.25, 0.3) is 0 Å². The molecule has 1 aromatic heterocycles. The van der Waals surface area contributed by atoms with Gasteiger partial charge in [0.25, 0.3) is 0 Å². The van der Waals surface area contributed by atoms with Gasteiger partial charge >= 0.3 is 0 Å². The molecule has 1 amide bonds. The molecule has 0 radical (unpaired) electrons. The van der Waals surface area contributed by atoms with Crippen LogP contribution < -0.4 is 5.73 Å². The van der Waals surface area contributed by atoms with E-state index in [9.17, 15) is 4.79 Å². The molecule has 13 heavy (non-hydrogen) atoms. The summed E-state index contributed by atoms with van der Waals surface area (Å²) in [7, 11) is 0. The van der Waals surface area contributed by atoms with E-state index in [4.69, 9.17) is 18.0 Å². The first kappa shape index (κ1) is 9.92. The van der Waals surface area contributed by atoms with Crippen LogP contribution in [0.4, 0.5) is 0 Å². The predicted octanol–water partition coefficient (Wildman–Crippen LogP) is 1.80. The zero-order valence-corrected chi connectivity index (χ0v) is 8.28. The molecule has 0 aliphatic carbocycles. The monoisotopic (exact) mass is 196 g/mol. The van der Waals surface area contributed by atoms with Crippen molar-refractivity contribution in [1.82, 2.24) is 4.98 Å². The second-order valence-electron chi connectivity index (χ2n) is 2.81. The van der Waals surface area contributed by atoms with Crippen molar-refractivity contribution < 1.29 is 4.79 Å². The third-order valence-electron chi connectivity index (χ3n) is 1.83. The van der Waals surface area contributed by atoms with Gasteiger partial charge in [0, 0.05) is 11.8 Å². The van der Waals surface area contributed by atoms with Gasteiger partial charge in [-0.1, -0.05) is 25.6 Å². The van der Waals surface area contributed by atoms with Gasteiger partial charge in [-0.25, -0.2) is 0 Å². The maximum atomic E-state index is 11.0. The molecule has 70 valence electrons. The molecular weight excluding hydrogens is 184 g/mol. The van der Waals surface area contributed by atoms with E-state index in [0.29, 0.717) is 10.2 Å². The number of amides is 1. The number of nitrogens with one attached hydrogen (secondary N) is 1. The van der Waals surface area contributed by atoms with E-state index in [1.54, 1.807) is 12.3 Å². The van der Waals surface area contributed by atoms with Crippen LogP contribution in [0, 0.1) is 4.64 Å². The zero-order valence-electron chi connectivity index (χ0n) is 7.46. The van der Waals surface area contributed by atoms with Crippen molar-refractivity contribution in [1.29, 1.82) is 0 Å². The van der Waals surface area contributed by atoms with Gasteiger partial charge in [0.05, 0.1) is 0 Å². The summed E-state index contributed by atoms with van der Waals surface area (Å²) in [5.74, 6) is -0.413. The Morgan fingerprint density at radius 3 is 2.92 bits per heavy atom. The van der Waals surface area contributed by atoms with Gasteiger partial charge in [-0.15, -0.1) is 0 Å². The van der Waals surface area contributed by atoms with Crippen molar-refractivity contribution in [2.45, 2.75) is 19.8 Å². The largest absolute Gasteiger partial charge is 0.366 e. The average Bonchev–Trinajstić information content (AvgIpc) is 2.08. The molecule has 0 unspecified atom stereocenters. The number of rotatable bonds is 3. The second kappa shape index (κ2) is 4.18. The fourth-order valence-electron chi connectivity index (χ4n) is 1.24. The van der Waals surface area contributed by atoms with Crippen LogP contribution in [0.15, 0.2) is 12.3 Å². The lowest BCUT2D eigenvalue weighted by molar-refractivity contribution is 0.0999. The van der Waals surface area contributed by atoms with Crippen molar-refractivity contribution in [3.63, 3.8) is 0 Å². The Kier molecular flexibility index (Phi) is 3.19. The molecule has 1 heterocycles. The van der Waals surface area contributed by atoms with E-state index >= 15 is 0 Å². The first-order chi connectivity index (χ1) is 6.16. The number of carbonyl (C=O) groups is 1. The van der Waals surface area contributed by atoms with Crippen LogP contribution in [0.2, 0.25) is 0 Å². The smallest absolute Gasteiger partial charge is 0.249 e. The first-order valence-electron chi connectivity index (χ1n) is 4.17. The lowest BCUT2D eigenvalue weighted by Gasteiger charge is -2.04. The Balaban J connectivity index is 3.25. The standard InChI is InChI=1S/C9H12N2OS/c1-2-3-7-6(8(10)12)4-5-11-9(7)13/h4-5H,2-3H2,1H3,(H2,10,12)(H,11,13). The van der Waals surface area contributed by atoms with E-state index in [-0.39, 0.29) is 0 Å². The van der Waals surface area contributed by atoms with Crippen LogP contribution in [0.3, 0.4) is 0 Å². The van der Waals surface area contributed by atoms with Crippen molar-refractivity contribution in [3.8, 4) is 0 Å². The topological polar surface area (TPSA) is 58.9 Å². The summed E-state index contributed by atoms with van der Waals surface area (Å²) in [5.41, 5.74) is 6.60. The Morgan fingerprint density at radius 1 is 1.69 bits per heavy atom. The molecule has 4 heteroatoms. The maximum absolute atomic E-state index is 11.0. The minimum atomic E-state index is -0.413. The first-order valence-corrected chi connectivity index (χ1v) is 4.58. The number of primary amides is 1. The molecule has 0 atom stereocenters. The number of H-pyrrole nitrogens is 1. The van der Waals surface area contributed by atoms with E-state index in [1.165, 1.54) is 0 Å². The second-order valence-corrected chi connectivity index (χ2v) is 3.22. The van der Waals surface area contributed by atoms with Gasteiger partial charge < -0.3 is 10.7 Å². The number of hydrogen-bond donors (Lipinski definition) is 2. The quantitative estimate of drug-likeness (QED) is 0.724. The minimum Gasteiger partial charge on any atom is -0.366 e. The number of hydrogen-bond acceptors (Lipinski definition) is 2. The van der Waals surface area contributed by atoms with Gasteiger partial charge in [-0.2, -0.15) is 0 Å². The van der Waals surface area contributed by atoms with Gasteiger partial charge in [-0.05, 0) is 18.1 Å². The van der Waals surface area contributed by atoms with Crippen LogP contribution in [0.1, 0.15) is 29.3 Å². The third-order valence-corrected chi connectivity index (χ3v) is 2.19. The predicted molar refractivity (Wildman–Crippen MR) is 54.1 cm³/mol. The molecule has 0 bridgehead atoms. The van der Waals surface area contributed by atoms with Crippen molar-refractivity contribution in [2.75, 3.05) is 0 Å². The summed E-state index contributed by atoms with van der Waals surface area (Å²) in [5, 5.41) is 0. The van der Waals surface area contributed by atoms with Crippen LogP contribution in [-0.4, -0.2) is 10.9 Å². The van der Waals surface area contributed by atoms with Crippen molar-refractivity contribution >= 4 is 18.1 Å². The molecule has 0 aliphatic rings. The molecule has 0 aliphatic heterocycles. The molecule has 0 spiro atoms. The Bertz CT molecular complexity index is 370. The Labute approximate surface area is 82.0 Å². The van der Waals surface area contributed by atoms with Gasteiger partial charge in [-0.3, -0.25) is 4.79 Å². The Morgan fingerprint density at radius 2 is 2.38 bits per heavy atom. The van der Waals surface area contributed by atoms with Crippen LogP contribution in [-0.2, 0) is 6.42 Å². The molecule has 3 nitrogen and oxygen atoms in total. The van der Waals surface area contributed by atoms with Crippen molar-refractivity contribution in [3.05, 3.63) is 28.0 Å². The summed E-state index contributed by atoms with van der Waals surface area (Å²) >= 11 is 5.06. The number of pyridine rings is 1. The van der Waals surface area contributed by atoms with E-state index in [2.05, 4.69) is 4.98 Å². The summed E-state index contributed by atoms with van der Waals surface area (Å²) in [6.07, 6.45) is 3.37. The summed E-state index contributed by atoms with van der Waals surface area (Å²) in [6.45, 7) is 2.03. The van der Waals surface area contributed by atoms with E-state index in [0.717, 1.165) is 18.4 Å². The van der Waals surface area contributed by atoms with Gasteiger partial charge in [0.1, 0.15) is 4.64 Å². The summed E-state index contributed by atoms with van der Waals surface area (Å²) < 4.78 is 0.609.